The van der Waals surface area contributed by atoms with Gasteiger partial charge < -0.3 is 26.2 Å². The Labute approximate surface area is 215 Å². The van der Waals surface area contributed by atoms with Gasteiger partial charge in [-0.15, -0.1) is 0 Å². The Morgan fingerprint density at radius 3 is 2.73 bits per heavy atom. The lowest BCUT2D eigenvalue weighted by Gasteiger charge is -2.55. The molecule has 1 unspecified atom stereocenters. The summed E-state index contributed by atoms with van der Waals surface area (Å²) in [6.07, 6.45) is 3.91. The lowest BCUT2D eigenvalue weighted by molar-refractivity contribution is -0.119. The molecule has 0 radical (unpaired) electrons. The molecule has 2 aromatic rings. The number of aryl methyl sites for hydroxylation is 1. The van der Waals surface area contributed by atoms with E-state index in [1.807, 2.05) is 13.0 Å². The van der Waals surface area contributed by atoms with E-state index in [4.69, 9.17) is 5.73 Å². The SMILES string of the molecule is Cc1ccc(O)cc1[C@@]12Cc3[nH]c(=O)c(C(=O)N[C@@H](C)C(N)=O)cc3C[C@@]1(O)[C@H]1C(CN1CC1CC1)C2. The lowest BCUT2D eigenvalue weighted by atomic mass is 9.59. The Bertz CT molecular complexity index is 1370. The first-order valence-electron chi connectivity index (χ1n) is 13.1. The molecular formula is C28H34N4O5. The van der Waals surface area contributed by atoms with E-state index in [9.17, 15) is 24.6 Å². The molecule has 5 atom stereocenters. The van der Waals surface area contributed by atoms with Crippen molar-refractivity contribution in [1.29, 1.82) is 0 Å². The summed E-state index contributed by atoms with van der Waals surface area (Å²) in [5, 5.41) is 25.6. The Morgan fingerprint density at radius 2 is 2.03 bits per heavy atom. The highest BCUT2D eigenvalue weighted by atomic mass is 16.3. The minimum absolute atomic E-state index is 0.0258. The Hall–Kier alpha value is -3.17. The van der Waals surface area contributed by atoms with Crippen LogP contribution < -0.4 is 16.6 Å². The molecule has 9 heteroatoms. The number of carbonyl (C=O) groups is 2. The Kier molecular flexibility index (Phi) is 5.34. The first-order chi connectivity index (χ1) is 17.5. The van der Waals surface area contributed by atoms with Crippen LogP contribution in [-0.4, -0.2) is 62.7 Å². The number of nitrogens with one attached hydrogen (secondary N) is 2. The molecule has 3 fully saturated rings. The third-order valence-corrected chi connectivity index (χ3v) is 9.34. The molecule has 9 nitrogen and oxygen atoms in total. The fourth-order valence-electron chi connectivity index (χ4n) is 7.37. The molecule has 37 heavy (non-hydrogen) atoms. The summed E-state index contributed by atoms with van der Waals surface area (Å²) in [4.78, 5) is 42.6. The highest BCUT2D eigenvalue weighted by Crippen LogP contribution is 2.62. The number of aromatic hydroxyl groups is 1. The van der Waals surface area contributed by atoms with Crippen LogP contribution in [0.5, 0.6) is 5.75 Å². The maximum Gasteiger partial charge on any atom is 0.261 e. The summed E-state index contributed by atoms with van der Waals surface area (Å²) < 4.78 is 0. The molecule has 1 aromatic heterocycles. The van der Waals surface area contributed by atoms with E-state index in [0.29, 0.717) is 24.0 Å². The van der Waals surface area contributed by atoms with Crippen LogP contribution in [0.4, 0.5) is 0 Å². The Morgan fingerprint density at radius 1 is 1.27 bits per heavy atom. The first-order valence-corrected chi connectivity index (χ1v) is 13.1. The van der Waals surface area contributed by atoms with Gasteiger partial charge in [-0.2, -0.15) is 0 Å². The summed E-state index contributed by atoms with van der Waals surface area (Å²) in [6.45, 7) is 5.38. The van der Waals surface area contributed by atoms with Crippen LogP contribution in [-0.2, 0) is 23.1 Å². The zero-order valence-corrected chi connectivity index (χ0v) is 21.2. The maximum atomic E-state index is 13.0. The summed E-state index contributed by atoms with van der Waals surface area (Å²) in [5.41, 5.74) is 6.15. The minimum Gasteiger partial charge on any atom is -0.508 e. The van der Waals surface area contributed by atoms with E-state index < -0.39 is 34.4 Å². The number of nitrogens with zero attached hydrogens (tertiary/aromatic N) is 1. The van der Waals surface area contributed by atoms with Crippen LogP contribution in [0.1, 0.15) is 58.9 Å². The highest BCUT2D eigenvalue weighted by Gasteiger charge is 2.70. The molecule has 2 heterocycles. The molecule has 1 aliphatic heterocycles. The molecule has 2 saturated carbocycles. The fraction of sp³-hybridized carbons (Fsp3) is 0.536. The van der Waals surface area contributed by atoms with Gasteiger partial charge in [-0.1, -0.05) is 6.07 Å². The zero-order chi connectivity index (χ0) is 26.3. The van der Waals surface area contributed by atoms with E-state index in [0.717, 1.165) is 36.2 Å². The number of primary amides is 1. The van der Waals surface area contributed by atoms with Gasteiger partial charge in [-0.3, -0.25) is 19.3 Å². The molecule has 1 aromatic carbocycles. The fourth-order valence-corrected chi connectivity index (χ4v) is 7.37. The van der Waals surface area contributed by atoms with Gasteiger partial charge in [-0.05, 0) is 79.8 Å². The van der Waals surface area contributed by atoms with Gasteiger partial charge in [0.1, 0.15) is 17.4 Å². The highest BCUT2D eigenvalue weighted by molar-refractivity contribution is 5.97. The Balaban J connectivity index is 1.44. The van der Waals surface area contributed by atoms with Gasteiger partial charge in [-0.25, -0.2) is 0 Å². The number of hydrogen-bond donors (Lipinski definition) is 5. The summed E-state index contributed by atoms with van der Waals surface area (Å²) in [6, 6.07) is 5.93. The van der Waals surface area contributed by atoms with Gasteiger partial charge in [0.25, 0.3) is 11.5 Å². The monoisotopic (exact) mass is 506 g/mol. The summed E-state index contributed by atoms with van der Waals surface area (Å²) >= 11 is 0. The molecule has 196 valence electrons. The van der Waals surface area contributed by atoms with E-state index in [1.165, 1.54) is 19.8 Å². The lowest BCUT2D eigenvalue weighted by Crippen LogP contribution is -2.68. The van der Waals surface area contributed by atoms with E-state index in [1.54, 1.807) is 18.2 Å². The number of amides is 2. The second kappa shape index (κ2) is 8.16. The average molecular weight is 507 g/mol. The van der Waals surface area contributed by atoms with Crippen molar-refractivity contribution in [3.63, 3.8) is 0 Å². The summed E-state index contributed by atoms with van der Waals surface area (Å²) in [7, 11) is 0. The molecular weight excluding hydrogens is 472 g/mol. The van der Waals surface area contributed by atoms with Gasteiger partial charge >= 0.3 is 0 Å². The molecule has 0 spiro atoms. The maximum absolute atomic E-state index is 13.0. The van der Waals surface area contributed by atoms with Gasteiger partial charge in [0.2, 0.25) is 5.91 Å². The predicted octanol–water partition coefficient (Wildman–Crippen LogP) is 0.874. The zero-order valence-electron chi connectivity index (χ0n) is 21.2. The molecule has 4 aliphatic rings. The first kappa shape index (κ1) is 24.2. The second-order valence-electron chi connectivity index (χ2n) is 11.8. The summed E-state index contributed by atoms with van der Waals surface area (Å²) in [5.74, 6) is -0.212. The average Bonchev–Trinajstić information content (AvgIpc) is 3.61. The van der Waals surface area contributed by atoms with Crippen molar-refractivity contribution in [2.24, 2.45) is 17.6 Å². The van der Waals surface area contributed by atoms with Crippen molar-refractivity contribution < 1.29 is 19.8 Å². The van der Waals surface area contributed by atoms with E-state index >= 15 is 0 Å². The van der Waals surface area contributed by atoms with Crippen molar-refractivity contribution in [1.82, 2.24) is 15.2 Å². The smallest absolute Gasteiger partial charge is 0.261 e. The standard InChI is InChI=1S/C28H34N4O5/c1-14-3-6-19(33)8-21(14)27-9-18-13-32(12-16-4-5-16)23(18)28(27,37)10-17-7-20(26(36)31-22(17)11-27)25(35)30-15(2)24(29)34/h3,6-8,15-16,18,23,33,37H,4-5,9-13H2,1-2H3,(H2,29,34)(H,30,35)(H,31,36)/t15-,18?,23+,27+,28+/m0/s1. The van der Waals surface area contributed by atoms with Crippen LogP contribution in [0.2, 0.25) is 0 Å². The quantitative estimate of drug-likeness (QED) is 0.393. The van der Waals surface area contributed by atoms with Crippen molar-refractivity contribution in [2.45, 2.75) is 69.1 Å². The molecule has 1 saturated heterocycles. The largest absolute Gasteiger partial charge is 0.508 e. The number of aromatic amines is 1. The second-order valence-corrected chi connectivity index (χ2v) is 11.8. The number of aromatic nitrogens is 1. The number of fused-ring (bicyclic) bond motifs is 4. The van der Waals surface area contributed by atoms with Gasteiger partial charge in [0, 0.05) is 43.1 Å². The third-order valence-electron chi connectivity index (χ3n) is 9.34. The van der Waals surface area contributed by atoms with Crippen LogP contribution in [0.15, 0.2) is 29.1 Å². The van der Waals surface area contributed by atoms with Crippen LogP contribution in [0, 0.1) is 18.8 Å². The van der Waals surface area contributed by atoms with Crippen molar-refractivity contribution in [3.8, 4) is 5.75 Å². The van der Waals surface area contributed by atoms with Crippen molar-refractivity contribution in [2.75, 3.05) is 13.1 Å². The van der Waals surface area contributed by atoms with E-state index in [2.05, 4.69) is 15.2 Å². The number of carbonyl (C=O) groups excluding carboxylic acids is 2. The van der Waals surface area contributed by atoms with Crippen LogP contribution in [0.3, 0.4) is 0 Å². The number of nitrogens with two attached hydrogens (primary N) is 1. The number of phenolic OH excluding ortho intramolecular Hbond substituents is 1. The number of phenols is 1. The van der Waals surface area contributed by atoms with Crippen LogP contribution in [0.25, 0.3) is 0 Å². The number of aliphatic hydroxyl groups is 1. The van der Waals surface area contributed by atoms with Crippen molar-refractivity contribution in [3.05, 3.63) is 62.6 Å². The van der Waals surface area contributed by atoms with Crippen molar-refractivity contribution >= 4 is 11.8 Å². The van der Waals surface area contributed by atoms with Crippen LogP contribution >= 0.6 is 0 Å². The molecule has 6 rings (SSSR count). The number of likely N-dealkylation sites (tertiary alicyclic amines) is 1. The number of rotatable bonds is 6. The molecule has 2 amide bonds. The number of pyridine rings is 1. The van der Waals surface area contributed by atoms with Gasteiger partial charge in [0.05, 0.1) is 5.60 Å². The van der Waals surface area contributed by atoms with Gasteiger partial charge in [0.15, 0.2) is 0 Å². The third kappa shape index (κ3) is 3.62. The molecule has 0 bridgehead atoms. The predicted molar refractivity (Wildman–Crippen MR) is 136 cm³/mol. The molecule has 3 aliphatic carbocycles. The number of benzene rings is 1. The number of hydrogen-bond acceptors (Lipinski definition) is 6. The topological polar surface area (TPSA) is 149 Å². The normalized spacial score (nSPS) is 31.0. The minimum atomic E-state index is -1.14. The van der Waals surface area contributed by atoms with E-state index in [-0.39, 0.29) is 23.8 Å². The number of H-pyrrole nitrogens is 1. The molecule has 6 N–H and O–H groups in total.